The number of hydrogen-bond donors (Lipinski definition) is 1. The maximum atomic E-state index is 13.0. The normalized spacial score (nSPS) is 10.9. The first-order valence-corrected chi connectivity index (χ1v) is 5.18. The Morgan fingerprint density at radius 3 is 2.53 bits per heavy atom. The van der Waals surface area contributed by atoms with E-state index in [0.29, 0.717) is 5.52 Å². The molecule has 0 unspecified atom stereocenters. The lowest BCUT2D eigenvalue weighted by Crippen LogP contribution is -1.78. The predicted molar refractivity (Wildman–Crippen MR) is 62.5 cm³/mol. The monoisotopic (exact) mass is 228 g/mol. The van der Waals surface area contributed by atoms with Gasteiger partial charge in [0.25, 0.3) is 0 Å². The second-order valence-electron chi connectivity index (χ2n) is 3.84. The van der Waals surface area contributed by atoms with Gasteiger partial charge in [-0.15, -0.1) is 0 Å². The Balaban J connectivity index is 2.14. The third kappa shape index (κ3) is 1.80. The van der Waals surface area contributed by atoms with Crippen LogP contribution in [0.5, 0.6) is 0 Å². The molecule has 1 aromatic heterocycles. The molecule has 0 aliphatic rings. The van der Waals surface area contributed by atoms with E-state index in [1.165, 1.54) is 18.2 Å². The van der Waals surface area contributed by atoms with Crippen molar-refractivity contribution in [2.24, 2.45) is 0 Å². The van der Waals surface area contributed by atoms with Gasteiger partial charge in [-0.25, -0.2) is 8.78 Å². The Morgan fingerprint density at radius 1 is 1.00 bits per heavy atom. The van der Waals surface area contributed by atoms with Gasteiger partial charge < -0.3 is 4.98 Å². The highest BCUT2D eigenvalue weighted by molar-refractivity contribution is 5.85. The molecule has 0 spiro atoms. The third-order valence-electron chi connectivity index (χ3n) is 2.67. The van der Waals surface area contributed by atoms with Crippen LogP contribution < -0.4 is 0 Å². The van der Waals surface area contributed by atoms with Crippen LogP contribution in [0.3, 0.4) is 0 Å². The average Bonchev–Trinajstić information content (AvgIpc) is 2.72. The minimum Gasteiger partial charge on any atom is -0.354 e. The smallest absolute Gasteiger partial charge is 0.133 e. The van der Waals surface area contributed by atoms with Crippen LogP contribution in [-0.4, -0.2) is 4.98 Å². The molecule has 0 saturated heterocycles. The Kier molecular flexibility index (Phi) is 2.18. The van der Waals surface area contributed by atoms with E-state index in [0.717, 1.165) is 16.6 Å². The first-order chi connectivity index (χ1) is 8.22. The van der Waals surface area contributed by atoms with Crippen molar-refractivity contribution < 1.29 is 8.78 Å². The topological polar surface area (TPSA) is 15.8 Å². The van der Waals surface area contributed by atoms with E-state index in [1.54, 1.807) is 18.2 Å². The number of fused-ring (bicyclic) bond motifs is 1. The molecular weight excluding hydrogens is 220 g/mol. The van der Waals surface area contributed by atoms with E-state index < -0.39 is 5.82 Å². The highest BCUT2D eigenvalue weighted by Gasteiger charge is 2.04. The van der Waals surface area contributed by atoms with E-state index in [9.17, 15) is 8.78 Å². The second kappa shape index (κ2) is 3.70. The number of H-pyrrole nitrogens is 1. The summed E-state index contributed by atoms with van der Waals surface area (Å²) in [4.78, 5) is 3.09. The Morgan fingerprint density at radius 2 is 1.76 bits per heavy atom. The zero-order valence-electron chi connectivity index (χ0n) is 8.80. The molecule has 1 heterocycles. The summed E-state index contributed by atoms with van der Waals surface area (Å²) in [5.74, 6) is -0.672. The highest BCUT2D eigenvalue weighted by Crippen LogP contribution is 2.24. The van der Waals surface area contributed by atoms with Gasteiger partial charge in [0, 0.05) is 22.7 Å². The van der Waals surface area contributed by atoms with Gasteiger partial charge in [0.1, 0.15) is 11.6 Å². The number of benzene rings is 2. The van der Waals surface area contributed by atoms with Gasteiger partial charge in [0.2, 0.25) is 0 Å². The van der Waals surface area contributed by atoms with E-state index in [2.05, 4.69) is 11.1 Å². The van der Waals surface area contributed by atoms with Crippen LogP contribution in [0.15, 0.2) is 42.5 Å². The summed E-state index contributed by atoms with van der Waals surface area (Å²) >= 11 is 0. The molecule has 1 radical (unpaired) electrons. The van der Waals surface area contributed by atoms with Crippen molar-refractivity contribution >= 4 is 10.9 Å². The molecule has 0 saturated carbocycles. The quantitative estimate of drug-likeness (QED) is 0.649. The van der Waals surface area contributed by atoms with Crippen molar-refractivity contribution in [3.05, 3.63) is 60.2 Å². The van der Waals surface area contributed by atoms with Gasteiger partial charge in [-0.1, -0.05) is 0 Å². The molecule has 3 heteroatoms. The number of rotatable bonds is 1. The van der Waals surface area contributed by atoms with E-state index in [1.807, 2.05) is 6.07 Å². The molecular formula is C14H8F2N. The van der Waals surface area contributed by atoms with Gasteiger partial charge in [-0.05, 0) is 48.0 Å². The van der Waals surface area contributed by atoms with Crippen molar-refractivity contribution in [1.29, 1.82) is 0 Å². The zero-order valence-corrected chi connectivity index (χ0v) is 8.80. The van der Waals surface area contributed by atoms with E-state index in [-0.39, 0.29) is 5.82 Å². The summed E-state index contributed by atoms with van der Waals surface area (Å²) in [5.41, 5.74) is 2.41. The number of nitrogens with one attached hydrogen (secondary N) is 1. The van der Waals surface area contributed by atoms with Crippen LogP contribution in [-0.2, 0) is 0 Å². The zero-order chi connectivity index (χ0) is 11.8. The number of hydrogen-bond acceptors (Lipinski definition) is 0. The molecule has 1 N–H and O–H groups in total. The van der Waals surface area contributed by atoms with Gasteiger partial charge in [0.05, 0.1) is 0 Å². The summed E-state index contributed by atoms with van der Waals surface area (Å²) in [7, 11) is 0. The molecule has 3 aromatic rings. The fourth-order valence-corrected chi connectivity index (χ4v) is 1.83. The molecule has 0 bridgehead atoms. The summed E-state index contributed by atoms with van der Waals surface area (Å²) in [5, 5.41) is 0.880. The van der Waals surface area contributed by atoms with Crippen LogP contribution in [0.1, 0.15) is 0 Å². The molecule has 83 valence electrons. The van der Waals surface area contributed by atoms with Crippen LogP contribution in [0.2, 0.25) is 0 Å². The number of halogens is 2. The van der Waals surface area contributed by atoms with Gasteiger partial charge >= 0.3 is 0 Å². The van der Waals surface area contributed by atoms with Crippen molar-refractivity contribution in [3.63, 3.8) is 0 Å². The van der Waals surface area contributed by atoms with Crippen LogP contribution >= 0.6 is 0 Å². The highest BCUT2D eigenvalue weighted by atomic mass is 19.1. The lowest BCUT2D eigenvalue weighted by molar-refractivity contribution is 0.627. The fraction of sp³-hybridized carbons (Fsp3) is 0. The average molecular weight is 228 g/mol. The maximum absolute atomic E-state index is 13.0. The van der Waals surface area contributed by atoms with E-state index in [4.69, 9.17) is 0 Å². The van der Waals surface area contributed by atoms with Gasteiger partial charge in [0.15, 0.2) is 0 Å². The fourth-order valence-electron chi connectivity index (χ4n) is 1.83. The SMILES string of the molecule is Fc1[c]cc2cc(-c3ccc(F)cc3)[nH]c2c1. The standard InChI is InChI=1S/C14H8F2N/c15-11-4-1-9(2-5-11)13-7-10-3-6-12(16)8-14(10)17-13/h1-5,7-8,17H. The largest absolute Gasteiger partial charge is 0.354 e. The van der Waals surface area contributed by atoms with Crippen molar-refractivity contribution in [1.82, 2.24) is 4.98 Å². The lowest BCUT2D eigenvalue weighted by atomic mass is 10.1. The summed E-state index contributed by atoms with van der Waals surface area (Å²) in [6, 6.07) is 13.5. The number of aromatic nitrogens is 1. The maximum Gasteiger partial charge on any atom is 0.133 e. The first-order valence-electron chi connectivity index (χ1n) is 5.18. The Hall–Kier alpha value is -2.16. The molecule has 0 atom stereocenters. The molecule has 0 amide bonds. The molecule has 0 aliphatic heterocycles. The molecule has 1 nitrogen and oxygen atoms in total. The number of aromatic amines is 1. The van der Waals surface area contributed by atoms with Gasteiger partial charge in [-0.3, -0.25) is 0 Å². The summed E-state index contributed by atoms with van der Waals surface area (Å²) in [6.07, 6.45) is 0. The Labute approximate surface area is 96.7 Å². The molecule has 0 fully saturated rings. The second-order valence-corrected chi connectivity index (χ2v) is 3.84. The third-order valence-corrected chi connectivity index (χ3v) is 2.67. The summed E-state index contributed by atoms with van der Waals surface area (Å²) < 4.78 is 25.8. The van der Waals surface area contributed by atoms with Crippen molar-refractivity contribution in [3.8, 4) is 11.3 Å². The molecule has 17 heavy (non-hydrogen) atoms. The van der Waals surface area contributed by atoms with E-state index >= 15 is 0 Å². The van der Waals surface area contributed by atoms with Crippen LogP contribution in [0.25, 0.3) is 22.2 Å². The van der Waals surface area contributed by atoms with Crippen molar-refractivity contribution in [2.75, 3.05) is 0 Å². The first kappa shape index (κ1) is 10.0. The molecule has 3 rings (SSSR count). The minimum absolute atomic E-state index is 0.274. The minimum atomic E-state index is -0.398. The molecule has 0 aliphatic carbocycles. The van der Waals surface area contributed by atoms with Crippen LogP contribution in [0, 0.1) is 17.7 Å². The summed E-state index contributed by atoms with van der Waals surface area (Å²) in [6.45, 7) is 0. The predicted octanol–water partition coefficient (Wildman–Crippen LogP) is 3.91. The van der Waals surface area contributed by atoms with Crippen LogP contribution in [0.4, 0.5) is 8.78 Å². The van der Waals surface area contributed by atoms with Gasteiger partial charge in [-0.2, -0.15) is 0 Å². The Bertz CT molecular complexity index is 668. The van der Waals surface area contributed by atoms with Crippen molar-refractivity contribution in [2.45, 2.75) is 0 Å². The lowest BCUT2D eigenvalue weighted by Gasteiger charge is -1.96. The molecule has 2 aromatic carbocycles.